The molecule has 0 spiro atoms. The number of rotatable bonds is 5. The van der Waals surface area contributed by atoms with Crippen molar-refractivity contribution in [3.05, 3.63) is 5.82 Å². The zero-order chi connectivity index (χ0) is 13.9. The van der Waals surface area contributed by atoms with Gasteiger partial charge in [-0.3, -0.25) is 0 Å². The molecular formula is C13H25N5. The standard InChI is InChI=1S/C13H25N5/c1-8-13(4,5)17-11-14-10(9(2)3)15-12(16-11)18(6)7/h9H,8H2,1-7H3,(H,14,15,16,17). The van der Waals surface area contributed by atoms with Crippen LogP contribution in [0.5, 0.6) is 0 Å². The van der Waals surface area contributed by atoms with E-state index in [0.717, 1.165) is 12.2 Å². The molecule has 0 bridgehead atoms. The Morgan fingerprint density at radius 3 is 2.22 bits per heavy atom. The Morgan fingerprint density at radius 1 is 1.17 bits per heavy atom. The van der Waals surface area contributed by atoms with Crippen LogP contribution in [0.1, 0.15) is 52.8 Å². The van der Waals surface area contributed by atoms with Crippen LogP contribution in [0, 0.1) is 0 Å². The number of nitrogens with zero attached hydrogens (tertiary/aromatic N) is 4. The molecule has 1 heterocycles. The SMILES string of the molecule is CCC(C)(C)Nc1nc(C(C)C)nc(N(C)C)n1. The van der Waals surface area contributed by atoms with Gasteiger partial charge in [-0.1, -0.05) is 20.8 Å². The lowest BCUT2D eigenvalue weighted by Crippen LogP contribution is -2.31. The third kappa shape index (κ3) is 3.82. The van der Waals surface area contributed by atoms with E-state index in [9.17, 15) is 0 Å². The van der Waals surface area contributed by atoms with Crippen molar-refractivity contribution in [3.8, 4) is 0 Å². The van der Waals surface area contributed by atoms with E-state index in [2.05, 4.69) is 54.9 Å². The van der Waals surface area contributed by atoms with Crippen LogP contribution in [-0.2, 0) is 0 Å². The Bertz CT molecular complexity index is 372. The molecule has 18 heavy (non-hydrogen) atoms. The van der Waals surface area contributed by atoms with Crippen molar-refractivity contribution in [2.75, 3.05) is 24.3 Å². The van der Waals surface area contributed by atoms with Gasteiger partial charge in [-0.25, -0.2) is 0 Å². The number of aromatic nitrogens is 3. The summed E-state index contributed by atoms with van der Waals surface area (Å²) in [6, 6.07) is 0. The van der Waals surface area contributed by atoms with Gasteiger partial charge in [0, 0.05) is 25.6 Å². The second-order valence-corrected chi connectivity index (χ2v) is 5.73. The van der Waals surface area contributed by atoms with Crippen LogP contribution in [0.2, 0.25) is 0 Å². The van der Waals surface area contributed by atoms with Gasteiger partial charge in [-0.2, -0.15) is 15.0 Å². The summed E-state index contributed by atoms with van der Waals surface area (Å²) in [4.78, 5) is 15.3. The Balaban J connectivity index is 3.11. The molecule has 1 N–H and O–H groups in total. The molecule has 0 unspecified atom stereocenters. The Hall–Kier alpha value is -1.39. The van der Waals surface area contributed by atoms with E-state index in [-0.39, 0.29) is 11.5 Å². The maximum absolute atomic E-state index is 4.49. The average molecular weight is 251 g/mol. The fraction of sp³-hybridized carbons (Fsp3) is 0.769. The molecule has 0 saturated heterocycles. The van der Waals surface area contributed by atoms with E-state index in [4.69, 9.17) is 0 Å². The van der Waals surface area contributed by atoms with Gasteiger partial charge in [0.05, 0.1) is 0 Å². The monoisotopic (exact) mass is 251 g/mol. The summed E-state index contributed by atoms with van der Waals surface area (Å²) in [5.41, 5.74) is -0.0147. The lowest BCUT2D eigenvalue weighted by molar-refractivity contribution is 0.540. The van der Waals surface area contributed by atoms with Crippen molar-refractivity contribution in [1.29, 1.82) is 0 Å². The number of anilines is 2. The summed E-state index contributed by atoms with van der Waals surface area (Å²) in [5, 5.41) is 3.37. The second-order valence-electron chi connectivity index (χ2n) is 5.73. The molecule has 102 valence electrons. The van der Waals surface area contributed by atoms with Crippen molar-refractivity contribution in [3.63, 3.8) is 0 Å². The first-order valence-corrected chi connectivity index (χ1v) is 6.46. The molecule has 0 fully saturated rings. The largest absolute Gasteiger partial charge is 0.349 e. The molecule has 0 radical (unpaired) electrons. The highest BCUT2D eigenvalue weighted by Gasteiger charge is 2.18. The van der Waals surface area contributed by atoms with Crippen LogP contribution in [0.3, 0.4) is 0 Å². The highest BCUT2D eigenvalue weighted by atomic mass is 15.3. The second kappa shape index (κ2) is 5.50. The summed E-state index contributed by atoms with van der Waals surface area (Å²) in [7, 11) is 3.88. The minimum absolute atomic E-state index is 0.0147. The van der Waals surface area contributed by atoms with Crippen LogP contribution < -0.4 is 10.2 Å². The van der Waals surface area contributed by atoms with Gasteiger partial charge < -0.3 is 10.2 Å². The zero-order valence-electron chi connectivity index (χ0n) is 12.6. The summed E-state index contributed by atoms with van der Waals surface area (Å²) in [6.45, 7) is 10.6. The van der Waals surface area contributed by atoms with Crippen LogP contribution in [0.4, 0.5) is 11.9 Å². The fourth-order valence-electron chi connectivity index (χ4n) is 1.29. The van der Waals surface area contributed by atoms with Gasteiger partial charge in [-0.15, -0.1) is 0 Å². The molecule has 1 aromatic rings. The smallest absolute Gasteiger partial charge is 0.229 e. The highest BCUT2D eigenvalue weighted by molar-refractivity contribution is 5.37. The van der Waals surface area contributed by atoms with Crippen molar-refractivity contribution in [2.45, 2.75) is 52.5 Å². The van der Waals surface area contributed by atoms with Gasteiger partial charge >= 0.3 is 0 Å². The van der Waals surface area contributed by atoms with Crippen LogP contribution >= 0.6 is 0 Å². The number of hydrogen-bond acceptors (Lipinski definition) is 5. The lowest BCUT2D eigenvalue weighted by Gasteiger charge is -2.25. The lowest BCUT2D eigenvalue weighted by atomic mass is 10.0. The molecule has 0 atom stereocenters. The first-order valence-electron chi connectivity index (χ1n) is 6.46. The van der Waals surface area contributed by atoms with Crippen molar-refractivity contribution in [2.24, 2.45) is 0 Å². The maximum atomic E-state index is 4.49. The molecule has 0 amide bonds. The highest BCUT2D eigenvalue weighted by Crippen LogP contribution is 2.19. The van der Waals surface area contributed by atoms with Gasteiger partial charge in [0.15, 0.2) is 0 Å². The van der Waals surface area contributed by atoms with E-state index in [0.29, 0.717) is 11.9 Å². The average Bonchev–Trinajstić information content (AvgIpc) is 2.27. The third-order valence-electron chi connectivity index (χ3n) is 2.89. The predicted octanol–water partition coefficient (Wildman–Crippen LogP) is 2.66. The molecule has 0 aliphatic heterocycles. The first-order chi connectivity index (χ1) is 8.25. The molecule has 5 heteroatoms. The molecular weight excluding hydrogens is 226 g/mol. The number of nitrogens with one attached hydrogen (secondary N) is 1. The summed E-state index contributed by atoms with van der Waals surface area (Å²) in [6.07, 6.45) is 1.01. The van der Waals surface area contributed by atoms with Gasteiger partial charge in [-0.05, 0) is 20.3 Å². The van der Waals surface area contributed by atoms with E-state index in [1.54, 1.807) is 0 Å². The molecule has 0 aliphatic rings. The van der Waals surface area contributed by atoms with Crippen LogP contribution in [0.15, 0.2) is 0 Å². The third-order valence-corrected chi connectivity index (χ3v) is 2.89. The van der Waals surface area contributed by atoms with Crippen molar-refractivity contribution >= 4 is 11.9 Å². The number of hydrogen-bond donors (Lipinski definition) is 1. The summed E-state index contributed by atoms with van der Waals surface area (Å²) >= 11 is 0. The quantitative estimate of drug-likeness (QED) is 0.872. The molecule has 1 aromatic heterocycles. The predicted molar refractivity (Wildman–Crippen MR) is 76.2 cm³/mol. The molecule has 5 nitrogen and oxygen atoms in total. The maximum Gasteiger partial charge on any atom is 0.229 e. The van der Waals surface area contributed by atoms with E-state index < -0.39 is 0 Å². The van der Waals surface area contributed by atoms with Gasteiger partial charge in [0.2, 0.25) is 11.9 Å². The van der Waals surface area contributed by atoms with E-state index >= 15 is 0 Å². The first kappa shape index (κ1) is 14.7. The van der Waals surface area contributed by atoms with E-state index in [1.165, 1.54) is 0 Å². The Morgan fingerprint density at radius 2 is 1.78 bits per heavy atom. The van der Waals surface area contributed by atoms with Gasteiger partial charge in [0.1, 0.15) is 5.82 Å². The topological polar surface area (TPSA) is 53.9 Å². The minimum Gasteiger partial charge on any atom is -0.349 e. The fourth-order valence-corrected chi connectivity index (χ4v) is 1.29. The molecule has 0 aliphatic carbocycles. The van der Waals surface area contributed by atoms with Crippen LogP contribution in [-0.4, -0.2) is 34.6 Å². The minimum atomic E-state index is -0.0147. The van der Waals surface area contributed by atoms with Crippen molar-refractivity contribution < 1.29 is 0 Å². The van der Waals surface area contributed by atoms with Crippen LogP contribution in [0.25, 0.3) is 0 Å². The van der Waals surface area contributed by atoms with Gasteiger partial charge in [0.25, 0.3) is 0 Å². The van der Waals surface area contributed by atoms with E-state index in [1.807, 2.05) is 19.0 Å². The summed E-state index contributed by atoms with van der Waals surface area (Å²) < 4.78 is 0. The molecule has 1 rings (SSSR count). The summed E-state index contributed by atoms with van der Waals surface area (Å²) in [5.74, 6) is 2.47. The molecule has 0 saturated carbocycles. The normalized spacial score (nSPS) is 11.8. The molecule has 0 aromatic carbocycles. The Labute approximate surface area is 110 Å². The van der Waals surface area contributed by atoms with Crippen molar-refractivity contribution in [1.82, 2.24) is 15.0 Å². The zero-order valence-corrected chi connectivity index (χ0v) is 12.6. The Kier molecular flexibility index (Phi) is 4.48.